The fourth-order valence-corrected chi connectivity index (χ4v) is 5.68. The van der Waals surface area contributed by atoms with Crippen molar-refractivity contribution in [2.75, 3.05) is 11.1 Å². The Kier molecular flexibility index (Phi) is 7.48. The maximum atomic E-state index is 13.1. The lowest BCUT2D eigenvalue weighted by atomic mass is 10.1. The summed E-state index contributed by atoms with van der Waals surface area (Å²) >= 11 is 1.08. The quantitative estimate of drug-likeness (QED) is 0.242. The molecule has 1 aromatic heterocycles. The van der Waals surface area contributed by atoms with Crippen molar-refractivity contribution in [2.45, 2.75) is 17.7 Å². The second-order valence-corrected chi connectivity index (χ2v) is 10.8. The van der Waals surface area contributed by atoms with Gasteiger partial charge in [-0.2, -0.15) is 0 Å². The summed E-state index contributed by atoms with van der Waals surface area (Å²) in [4.78, 5) is 30.5. The van der Waals surface area contributed by atoms with Crippen LogP contribution in [0.1, 0.15) is 28.1 Å². The highest BCUT2D eigenvalue weighted by atomic mass is 32.2. The maximum Gasteiger partial charge on any atom is 0.226 e. The summed E-state index contributed by atoms with van der Waals surface area (Å²) in [5.41, 5.74) is 1.73. The Balaban J connectivity index is 1.47. The normalized spacial score (nSPS) is 11.2. The first-order valence-corrected chi connectivity index (χ1v) is 13.2. The second-order valence-electron chi connectivity index (χ2n) is 7.68. The fourth-order valence-electron chi connectivity index (χ4n) is 3.40. The Hall–Kier alpha value is -3.69. The summed E-state index contributed by atoms with van der Waals surface area (Å²) in [6.07, 6.45) is 0.0287. The van der Waals surface area contributed by atoms with Crippen molar-refractivity contribution in [1.29, 1.82) is 0 Å². The van der Waals surface area contributed by atoms with E-state index in [4.69, 9.17) is 0 Å². The molecule has 0 bridgehead atoms. The van der Waals surface area contributed by atoms with Gasteiger partial charge in [0.2, 0.25) is 11.7 Å². The summed E-state index contributed by atoms with van der Waals surface area (Å²) in [5, 5.41) is 2.94. The average molecular weight is 509 g/mol. The largest absolute Gasteiger partial charge is 0.302 e. The summed E-state index contributed by atoms with van der Waals surface area (Å²) < 4.78 is 37.8. The minimum absolute atomic E-state index is 0.0100. The Bertz CT molecular complexity index is 1440. The van der Waals surface area contributed by atoms with Gasteiger partial charge in [-0.15, -0.1) is 0 Å². The van der Waals surface area contributed by atoms with Crippen LogP contribution in [-0.2, 0) is 14.6 Å². The first-order valence-electron chi connectivity index (χ1n) is 10.8. The van der Waals surface area contributed by atoms with Gasteiger partial charge in [0.1, 0.15) is 10.7 Å². The van der Waals surface area contributed by atoms with E-state index < -0.39 is 21.6 Å². The van der Waals surface area contributed by atoms with Crippen LogP contribution < -0.4 is 5.32 Å². The van der Waals surface area contributed by atoms with Crippen molar-refractivity contribution < 1.29 is 22.4 Å². The van der Waals surface area contributed by atoms with Crippen LogP contribution in [0.4, 0.5) is 9.52 Å². The van der Waals surface area contributed by atoms with Gasteiger partial charge in [0, 0.05) is 17.5 Å². The molecular formula is C26H21FN2O4S2. The van der Waals surface area contributed by atoms with Gasteiger partial charge in [-0.05, 0) is 30.7 Å². The predicted molar refractivity (Wildman–Crippen MR) is 134 cm³/mol. The van der Waals surface area contributed by atoms with Crippen molar-refractivity contribution in [1.82, 2.24) is 4.98 Å². The van der Waals surface area contributed by atoms with E-state index in [0.29, 0.717) is 16.1 Å². The van der Waals surface area contributed by atoms with Crippen molar-refractivity contribution >= 4 is 38.0 Å². The first-order chi connectivity index (χ1) is 16.8. The number of nitrogens with one attached hydrogen (secondary N) is 1. The standard InChI is InChI=1S/C26H21FN2O4S2/c27-20-13-15-21(16-14-20)35(32,33)17-7-12-22(30)28-26-29-23(18-8-3-1-4-9-18)25(34-26)24(31)19-10-5-2-6-11-19/h1-6,8-11,13-16H,7,12,17H2,(H,28,29,30). The molecule has 35 heavy (non-hydrogen) atoms. The summed E-state index contributed by atoms with van der Waals surface area (Å²) in [6, 6.07) is 22.6. The number of thiazole rings is 1. The number of carbonyl (C=O) groups excluding carboxylic acids is 2. The van der Waals surface area contributed by atoms with Crippen LogP contribution in [-0.4, -0.2) is 30.8 Å². The Morgan fingerprint density at radius 3 is 2.17 bits per heavy atom. The Morgan fingerprint density at radius 2 is 1.51 bits per heavy atom. The highest BCUT2D eigenvalue weighted by molar-refractivity contribution is 7.91. The van der Waals surface area contributed by atoms with Gasteiger partial charge in [-0.1, -0.05) is 72.0 Å². The molecule has 0 unspecified atom stereocenters. The van der Waals surface area contributed by atoms with Gasteiger partial charge in [-0.25, -0.2) is 17.8 Å². The van der Waals surface area contributed by atoms with E-state index in [9.17, 15) is 22.4 Å². The van der Waals surface area contributed by atoms with Gasteiger partial charge in [-0.3, -0.25) is 9.59 Å². The number of rotatable bonds is 9. The van der Waals surface area contributed by atoms with E-state index in [1.165, 1.54) is 12.1 Å². The molecule has 1 heterocycles. The lowest BCUT2D eigenvalue weighted by molar-refractivity contribution is -0.116. The zero-order valence-electron chi connectivity index (χ0n) is 18.5. The molecule has 0 saturated heterocycles. The van der Waals surface area contributed by atoms with Crippen molar-refractivity contribution in [3.63, 3.8) is 0 Å². The number of halogens is 1. The second kappa shape index (κ2) is 10.7. The molecular weight excluding hydrogens is 487 g/mol. The van der Waals surface area contributed by atoms with Gasteiger partial charge in [0.25, 0.3) is 0 Å². The number of ketones is 1. The number of carbonyl (C=O) groups is 2. The molecule has 0 atom stereocenters. The molecule has 0 aliphatic rings. The van der Waals surface area contributed by atoms with E-state index in [-0.39, 0.29) is 34.4 Å². The van der Waals surface area contributed by atoms with E-state index in [0.717, 1.165) is 29.0 Å². The van der Waals surface area contributed by atoms with Crippen LogP contribution in [0.3, 0.4) is 0 Å². The van der Waals surface area contributed by atoms with Crippen LogP contribution in [0.25, 0.3) is 11.3 Å². The summed E-state index contributed by atoms with van der Waals surface area (Å²) in [6.45, 7) is 0. The smallest absolute Gasteiger partial charge is 0.226 e. The number of hydrogen-bond acceptors (Lipinski definition) is 6. The topological polar surface area (TPSA) is 93.2 Å². The number of sulfone groups is 1. The van der Waals surface area contributed by atoms with E-state index in [2.05, 4.69) is 10.3 Å². The molecule has 0 saturated carbocycles. The summed E-state index contributed by atoms with van der Waals surface area (Å²) in [5.74, 6) is -1.39. The molecule has 9 heteroatoms. The third-order valence-electron chi connectivity index (χ3n) is 5.15. The van der Waals surface area contributed by atoms with E-state index in [1.807, 2.05) is 36.4 Å². The first kappa shape index (κ1) is 24.4. The molecule has 0 aliphatic carbocycles. The van der Waals surface area contributed by atoms with Crippen molar-refractivity contribution in [3.8, 4) is 11.3 Å². The molecule has 0 fully saturated rings. The number of aromatic nitrogens is 1. The molecule has 4 rings (SSSR count). The molecule has 1 amide bonds. The Morgan fingerprint density at radius 1 is 0.886 bits per heavy atom. The van der Waals surface area contributed by atoms with E-state index >= 15 is 0 Å². The minimum atomic E-state index is -3.63. The molecule has 1 N–H and O–H groups in total. The predicted octanol–water partition coefficient (Wildman–Crippen LogP) is 5.37. The Labute approximate surface area is 206 Å². The lowest BCUT2D eigenvalue weighted by Crippen LogP contribution is -2.14. The molecule has 0 spiro atoms. The van der Waals surface area contributed by atoms with E-state index in [1.54, 1.807) is 24.3 Å². The van der Waals surface area contributed by atoms with Crippen molar-refractivity contribution in [2.24, 2.45) is 0 Å². The number of benzene rings is 3. The number of anilines is 1. The van der Waals surface area contributed by atoms with Gasteiger partial charge >= 0.3 is 0 Å². The van der Waals surface area contributed by atoms with Crippen LogP contribution in [0.2, 0.25) is 0 Å². The maximum absolute atomic E-state index is 13.1. The highest BCUT2D eigenvalue weighted by Gasteiger charge is 2.22. The number of nitrogens with zero attached hydrogens (tertiary/aromatic N) is 1. The highest BCUT2D eigenvalue weighted by Crippen LogP contribution is 2.33. The molecule has 3 aromatic carbocycles. The fraction of sp³-hybridized carbons (Fsp3) is 0.115. The zero-order chi connectivity index (χ0) is 24.8. The van der Waals surface area contributed by atoms with Crippen LogP contribution >= 0.6 is 11.3 Å². The molecule has 6 nitrogen and oxygen atoms in total. The third-order valence-corrected chi connectivity index (χ3v) is 7.94. The minimum Gasteiger partial charge on any atom is -0.302 e. The third kappa shape index (κ3) is 6.06. The van der Waals surface area contributed by atoms with Gasteiger partial charge < -0.3 is 5.32 Å². The summed E-state index contributed by atoms with van der Waals surface area (Å²) in [7, 11) is -3.63. The van der Waals surface area contributed by atoms with Crippen molar-refractivity contribution in [3.05, 3.63) is 101 Å². The average Bonchev–Trinajstić information content (AvgIpc) is 3.28. The zero-order valence-corrected chi connectivity index (χ0v) is 20.1. The molecule has 0 radical (unpaired) electrons. The molecule has 0 aliphatic heterocycles. The van der Waals surface area contributed by atoms with Crippen LogP contribution in [0, 0.1) is 5.82 Å². The SMILES string of the molecule is O=C(CCCS(=O)(=O)c1ccc(F)cc1)Nc1nc(-c2ccccc2)c(C(=O)c2ccccc2)s1. The lowest BCUT2D eigenvalue weighted by Gasteiger charge is -2.05. The van der Waals surface area contributed by atoms with Gasteiger partial charge in [0.05, 0.1) is 16.3 Å². The van der Waals surface area contributed by atoms with Crippen LogP contribution in [0.5, 0.6) is 0 Å². The number of hydrogen-bond donors (Lipinski definition) is 1. The molecule has 178 valence electrons. The van der Waals surface area contributed by atoms with Gasteiger partial charge in [0.15, 0.2) is 15.0 Å². The van der Waals surface area contributed by atoms with Crippen LogP contribution in [0.15, 0.2) is 89.8 Å². The molecule has 4 aromatic rings. The number of amides is 1. The monoisotopic (exact) mass is 508 g/mol.